The first kappa shape index (κ1) is 18.9. The van der Waals surface area contributed by atoms with Crippen molar-refractivity contribution in [1.29, 1.82) is 0 Å². The van der Waals surface area contributed by atoms with Gasteiger partial charge in [0.15, 0.2) is 5.76 Å². The minimum Gasteiger partial charge on any atom is -0.359 e. The summed E-state index contributed by atoms with van der Waals surface area (Å²) >= 11 is 0. The van der Waals surface area contributed by atoms with Gasteiger partial charge in [0.05, 0.1) is 24.5 Å². The predicted octanol–water partition coefficient (Wildman–Crippen LogP) is 3.66. The van der Waals surface area contributed by atoms with Crippen molar-refractivity contribution >= 4 is 5.91 Å². The number of carbonyl (C=O) groups is 1. The Hall–Kier alpha value is -2.89. The molecule has 0 unspecified atom stereocenters. The molecule has 0 spiro atoms. The maximum absolute atomic E-state index is 12.3. The van der Waals surface area contributed by atoms with E-state index in [9.17, 15) is 4.79 Å². The number of nitrogens with zero attached hydrogens (tertiary/aromatic N) is 3. The molecule has 0 aliphatic heterocycles. The topological polar surface area (TPSA) is 73.0 Å². The van der Waals surface area contributed by atoms with Crippen molar-refractivity contribution < 1.29 is 9.32 Å². The number of aryl methyl sites for hydroxylation is 2. The van der Waals surface area contributed by atoms with Gasteiger partial charge in [-0.2, -0.15) is 5.10 Å². The Bertz CT molecular complexity index is 907. The summed E-state index contributed by atoms with van der Waals surface area (Å²) in [4.78, 5) is 12.3. The number of rotatable bonds is 7. The first-order valence-electron chi connectivity index (χ1n) is 9.23. The van der Waals surface area contributed by atoms with E-state index in [2.05, 4.69) is 35.5 Å². The van der Waals surface area contributed by atoms with Crippen LogP contribution in [-0.4, -0.2) is 20.8 Å². The smallest absolute Gasteiger partial charge is 0.251 e. The third-order valence-corrected chi connectivity index (χ3v) is 4.30. The van der Waals surface area contributed by atoms with Gasteiger partial charge in [-0.1, -0.05) is 31.1 Å². The quantitative estimate of drug-likeness (QED) is 0.692. The molecule has 3 aromatic rings. The number of amides is 1. The molecule has 0 aliphatic carbocycles. The van der Waals surface area contributed by atoms with E-state index in [4.69, 9.17) is 4.52 Å². The maximum atomic E-state index is 12.3. The summed E-state index contributed by atoms with van der Waals surface area (Å²) in [6.45, 7) is 9.31. The highest BCUT2D eigenvalue weighted by Crippen LogP contribution is 2.11. The van der Waals surface area contributed by atoms with Crippen LogP contribution in [0.3, 0.4) is 0 Å². The standard InChI is InChI=1S/C21H26N4O2/c1-14(2)9-19-11-20(27-24-19)12-22-21(26)18-7-5-17(6-8-18)13-25-16(4)10-15(3)23-25/h5-8,10-11,14H,9,12-13H2,1-4H3,(H,22,26). The second-order valence-corrected chi connectivity index (χ2v) is 7.35. The summed E-state index contributed by atoms with van der Waals surface area (Å²) in [5.74, 6) is 1.06. The first-order valence-corrected chi connectivity index (χ1v) is 9.23. The van der Waals surface area contributed by atoms with Gasteiger partial charge in [0.1, 0.15) is 0 Å². The molecule has 0 atom stereocenters. The molecule has 142 valence electrons. The zero-order valence-electron chi connectivity index (χ0n) is 16.3. The Balaban J connectivity index is 1.55. The van der Waals surface area contributed by atoms with Crippen molar-refractivity contribution in [3.8, 4) is 0 Å². The van der Waals surface area contributed by atoms with Gasteiger partial charge in [-0.05, 0) is 49.9 Å². The molecule has 2 heterocycles. The van der Waals surface area contributed by atoms with Crippen molar-refractivity contribution in [2.24, 2.45) is 5.92 Å². The molecule has 0 radical (unpaired) electrons. The lowest BCUT2D eigenvalue weighted by Crippen LogP contribution is -2.22. The summed E-state index contributed by atoms with van der Waals surface area (Å²) in [5, 5.41) is 11.4. The van der Waals surface area contributed by atoms with E-state index in [1.165, 1.54) is 0 Å². The van der Waals surface area contributed by atoms with Gasteiger partial charge in [-0.3, -0.25) is 9.48 Å². The average molecular weight is 366 g/mol. The molecule has 0 fully saturated rings. The molecular weight excluding hydrogens is 340 g/mol. The van der Waals surface area contributed by atoms with E-state index in [0.717, 1.165) is 29.1 Å². The number of aromatic nitrogens is 3. The fraction of sp³-hybridized carbons (Fsp3) is 0.381. The van der Waals surface area contributed by atoms with Crippen molar-refractivity contribution in [3.05, 3.63) is 70.4 Å². The predicted molar refractivity (Wildman–Crippen MR) is 103 cm³/mol. The third kappa shape index (κ3) is 5.06. The van der Waals surface area contributed by atoms with Crippen LogP contribution in [0.2, 0.25) is 0 Å². The summed E-state index contributed by atoms with van der Waals surface area (Å²) < 4.78 is 7.24. The van der Waals surface area contributed by atoms with Crippen LogP contribution in [-0.2, 0) is 19.5 Å². The van der Waals surface area contributed by atoms with E-state index in [1.54, 1.807) is 0 Å². The molecule has 1 aromatic carbocycles. The number of nitrogens with one attached hydrogen (secondary N) is 1. The zero-order chi connectivity index (χ0) is 19.4. The van der Waals surface area contributed by atoms with E-state index < -0.39 is 0 Å². The summed E-state index contributed by atoms with van der Waals surface area (Å²) in [7, 11) is 0. The van der Waals surface area contributed by atoms with E-state index in [1.807, 2.05) is 48.9 Å². The Morgan fingerprint density at radius 1 is 1.19 bits per heavy atom. The summed E-state index contributed by atoms with van der Waals surface area (Å²) in [6.07, 6.45) is 0.869. The monoisotopic (exact) mass is 366 g/mol. The number of benzene rings is 1. The lowest BCUT2D eigenvalue weighted by atomic mass is 10.1. The second kappa shape index (κ2) is 8.20. The highest BCUT2D eigenvalue weighted by Gasteiger charge is 2.10. The Kier molecular flexibility index (Phi) is 5.74. The molecule has 0 bridgehead atoms. The maximum Gasteiger partial charge on any atom is 0.251 e. The van der Waals surface area contributed by atoms with Crippen LogP contribution >= 0.6 is 0 Å². The van der Waals surface area contributed by atoms with Gasteiger partial charge in [-0.25, -0.2) is 0 Å². The van der Waals surface area contributed by atoms with Gasteiger partial charge in [-0.15, -0.1) is 0 Å². The van der Waals surface area contributed by atoms with Crippen LogP contribution < -0.4 is 5.32 Å². The van der Waals surface area contributed by atoms with Crippen LogP contribution in [0.15, 0.2) is 40.9 Å². The van der Waals surface area contributed by atoms with Gasteiger partial charge >= 0.3 is 0 Å². The fourth-order valence-electron chi connectivity index (χ4n) is 2.99. The SMILES string of the molecule is Cc1cc(C)n(Cc2ccc(C(=O)NCc3cc(CC(C)C)no3)cc2)n1. The highest BCUT2D eigenvalue weighted by atomic mass is 16.5. The van der Waals surface area contributed by atoms with Gasteiger partial charge in [0.25, 0.3) is 5.91 Å². The van der Waals surface area contributed by atoms with Gasteiger partial charge < -0.3 is 9.84 Å². The Morgan fingerprint density at radius 3 is 2.56 bits per heavy atom. The van der Waals surface area contributed by atoms with Crippen LogP contribution in [0.1, 0.15) is 52.6 Å². The number of hydrogen-bond donors (Lipinski definition) is 1. The second-order valence-electron chi connectivity index (χ2n) is 7.35. The molecule has 1 N–H and O–H groups in total. The lowest BCUT2D eigenvalue weighted by molar-refractivity contribution is 0.0947. The summed E-state index contributed by atoms with van der Waals surface area (Å²) in [5.41, 5.74) is 4.77. The van der Waals surface area contributed by atoms with Crippen molar-refractivity contribution in [3.63, 3.8) is 0 Å². The minimum atomic E-state index is -0.130. The lowest BCUT2D eigenvalue weighted by Gasteiger charge is -2.07. The zero-order valence-corrected chi connectivity index (χ0v) is 16.3. The molecule has 6 nitrogen and oxygen atoms in total. The molecular formula is C21H26N4O2. The largest absolute Gasteiger partial charge is 0.359 e. The van der Waals surface area contributed by atoms with E-state index in [-0.39, 0.29) is 5.91 Å². The van der Waals surface area contributed by atoms with Crippen LogP contribution in [0, 0.1) is 19.8 Å². The molecule has 0 aliphatic rings. The fourth-order valence-corrected chi connectivity index (χ4v) is 2.99. The Morgan fingerprint density at radius 2 is 1.93 bits per heavy atom. The van der Waals surface area contributed by atoms with Crippen LogP contribution in [0.4, 0.5) is 0 Å². The van der Waals surface area contributed by atoms with Crippen molar-refractivity contribution in [2.45, 2.75) is 47.2 Å². The molecule has 0 saturated carbocycles. The average Bonchev–Trinajstić information content (AvgIpc) is 3.18. The van der Waals surface area contributed by atoms with Crippen LogP contribution in [0.25, 0.3) is 0 Å². The molecule has 3 rings (SSSR count). The highest BCUT2D eigenvalue weighted by molar-refractivity contribution is 5.94. The number of carbonyl (C=O) groups excluding carboxylic acids is 1. The molecule has 0 saturated heterocycles. The van der Waals surface area contributed by atoms with E-state index >= 15 is 0 Å². The first-order chi connectivity index (χ1) is 12.9. The third-order valence-electron chi connectivity index (χ3n) is 4.30. The minimum absolute atomic E-state index is 0.130. The van der Waals surface area contributed by atoms with Crippen molar-refractivity contribution in [1.82, 2.24) is 20.3 Å². The number of hydrogen-bond acceptors (Lipinski definition) is 4. The summed E-state index contributed by atoms with van der Waals surface area (Å²) in [6, 6.07) is 11.5. The van der Waals surface area contributed by atoms with Gasteiger partial charge in [0, 0.05) is 17.3 Å². The Labute approximate surface area is 159 Å². The van der Waals surface area contributed by atoms with Crippen molar-refractivity contribution in [2.75, 3.05) is 0 Å². The molecule has 1 amide bonds. The van der Waals surface area contributed by atoms with E-state index in [0.29, 0.717) is 30.3 Å². The van der Waals surface area contributed by atoms with Gasteiger partial charge in [0.2, 0.25) is 0 Å². The molecule has 27 heavy (non-hydrogen) atoms. The normalized spacial score (nSPS) is 11.1. The molecule has 2 aromatic heterocycles. The molecule has 6 heteroatoms. The van der Waals surface area contributed by atoms with Crippen LogP contribution in [0.5, 0.6) is 0 Å².